The van der Waals surface area contributed by atoms with Gasteiger partial charge in [0.1, 0.15) is 5.75 Å². The van der Waals surface area contributed by atoms with Gasteiger partial charge in [0.05, 0.1) is 28.8 Å². The molecule has 0 atom stereocenters. The molecule has 28 heavy (non-hydrogen) atoms. The van der Waals surface area contributed by atoms with Crippen LogP contribution in [0.5, 0.6) is 5.75 Å². The topological polar surface area (TPSA) is 76.1 Å². The molecule has 10 heteroatoms. The molecule has 0 spiro atoms. The Labute approximate surface area is 180 Å². The smallest absolute Gasteiger partial charge is 0.234 e. The Morgan fingerprint density at radius 3 is 2.82 bits per heavy atom. The fourth-order valence-electron chi connectivity index (χ4n) is 2.19. The Balaban J connectivity index is 1.56. The molecule has 0 saturated carbocycles. The molecule has 0 bridgehead atoms. The van der Waals surface area contributed by atoms with Crippen LogP contribution in [-0.4, -0.2) is 28.5 Å². The maximum atomic E-state index is 12.2. The molecule has 0 unspecified atom stereocenters. The van der Waals surface area contributed by atoms with Crippen molar-refractivity contribution in [3.63, 3.8) is 0 Å². The number of para-hydroxylation sites is 2. The summed E-state index contributed by atoms with van der Waals surface area (Å²) in [5.41, 5.74) is 1.29. The summed E-state index contributed by atoms with van der Waals surface area (Å²) in [4.78, 5) is 12.2. The molecule has 1 heterocycles. The molecule has 0 aliphatic carbocycles. The predicted octanol–water partition coefficient (Wildman–Crippen LogP) is 5.72. The van der Waals surface area contributed by atoms with Crippen LogP contribution in [0.2, 0.25) is 10.0 Å². The minimum atomic E-state index is -0.208. The van der Waals surface area contributed by atoms with Crippen LogP contribution in [0.25, 0.3) is 0 Å². The van der Waals surface area contributed by atoms with E-state index in [0.29, 0.717) is 31.8 Å². The zero-order valence-electron chi connectivity index (χ0n) is 14.7. The Hall–Kier alpha value is -2.00. The summed E-state index contributed by atoms with van der Waals surface area (Å²) < 4.78 is 6.26. The van der Waals surface area contributed by atoms with Gasteiger partial charge in [-0.1, -0.05) is 58.4 Å². The summed E-state index contributed by atoms with van der Waals surface area (Å²) in [6.45, 7) is 2.50. The summed E-state index contributed by atoms with van der Waals surface area (Å²) in [6.07, 6.45) is 0. The van der Waals surface area contributed by atoms with E-state index in [9.17, 15) is 4.79 Å². The van der Waals surface area contributed by atoms with E-state index in [0.717, 1.165) is 11.4 Å². The van der Waals surface area contributed by atoms with E-state index in [4.69, 9.17) is 27.9 Å². The van der Waals surface area contributed by atoms with Gasteiger partial charge in [-0.3, -0.25) is 4.79 Å². The number of anilines is 3. The molecule has 3 aromatic rings. The number of carbonyl (C=O) groups excluding carboxylic acids is 1. The van der Waals surface area contributed by atoms with Gasteiger partial charge in [0.15, 0.2) is 4.34 Å². The molecule has 3 rings (SSSR count). The minimum absolute atomic E-state index is 0.174. The SMILES string of the molecule is CCOc1ccccc1Nc1nnc(SCC(=O)Nc2cc(Cl)ccc2Cl)s1. The summed E-state index contributed by atoms with van der Waals surface area (Å²) in [7, 11) is 0. The fraction of sp³-hybridized carbons (Fsp3) is 0.167. The van der Waals surface area contributed by atoms with Gasteiger partial charge in [0.2, 0.25) is 11.0 Å². The maximum Gasteiger partial charge on any atom is 0.234 e. The lowest BCUT2D eigenvalue weighted by Gasteiger charge is -2.09. The van der Waals surface area contributed by atoms with Crippen molar-refractivity contribution in [2.75, 3.05) is 23.0 Å². The zero-order chi connectivity index (χ0) is 19.9. The van der Waals surface area contributed by atoms with Crippen LogP contribution >= 0.6 is 46.3 Å². The van der Waals surface area contributed by atoms with Crippen molar-refractivity contribution in [1.82, 2.24) is 10.2 Å². The van der Waals surface area contributed by atoms with Crippen molar-refractivity contribution < 1.29 is 9.53 Å². The third kappa shape index (κ3) is 5.75. The average molecular weight is 455 g/mol. The standard InChI is InChI=1S/C18H16Cl2N4O2S2/c1-2-26-15-6-4-3-5-13(15)22-17-23-24-18(28-17)27-10-16(25)21-14-9-11(19)7-8-12(14)20/h3-9H,2,10H2,1H3,(H,21,25)(H,22,23). The van der Waals surface area contributed by atoms with Crippen molar-refractivity contribution in [2.45, 2.75) is 11.3 Å². The lowest BCUT2D eigenvalue weighted by atomic mass is 10.3. The van der Waals surface area contributed by atoms with E-state index < -0.39 is 0 Å². The highest BCUT2D eigenvalue weighted by Gasteiger charge is 2.11. The van der Waals surface area contributed by atoms with Crippen LogP contribution in [0.3, 0.4) is 0 Å². The van der Waals surface area contributed by atoms with Crippen molar-refractivity contribution in [3.8, 4) is 5.75 Å². The molecular formula is C18H16Cl2N4O2S2. The number of nitrogens with zero attached hydrogens (tertiary/aromatic N) is 2. The number of nitrogens with one attached hydrogen (secondary N) is 2. The number of rotatable bonds is 8. The molecule has 1 amide bonds. The van der Waals surface area contributed by atoms with Gasteiger partial charge >= 0.3 is 0 Å². The summed E-state index contributed by atoms with van der Waals surface area (Å²) in [5, 5.41) is 15.7. The highest BCUT2D eigenvalue weighted by Crippen LogP contribution is 2.32. The normalized spacial score (nSPS) is 10.5. The average Bonchev–Trinajstić information content (AvgIpc) is 3.12. The van der Waals surface area contributed by atoms with E-state index in [2.05, 4.69) is 20.8 Å². The van der Waals surface area contributed by atoms with Crippen LogP contribution in [0.1, 0.15) is 6.92 Å². The summed E-state index contributed by atoms with van der Waals surface area (Å²) in [5.74, 6) is 0.709. The third-order valence-corrected chi connectivity index (χ3v) is 5.90. The van der Waals surface area contributed by atoms with Gasteiger partial charge in [-0.2, -0.15) is 0 Å². The van der Waals surface area contributed by atoms with Gasteiger partial charge in [-0.15, -0.1) is 10.2 Å². The van der Waals surface area contributed by atoms with E-state index in [1.807, 2.05) is 31.2 Å². The number of benzene rings is 2. The Morgan fingerprint density at radius 1 is 1.18 bits per heavy atom. The Bertz CT molecular complexity index is 968. The van der Waals surface area contributed by atoms with Gasteiger partial charge < -0.3 is 15.4 Å². The second kappa shape index (κ2) is 9.97. The van der Waals surface area contributed by atoms with Gasteiger partial charge in [0.25, 0.3) is 0 Å². The number of aromatic nitrogens is 2. The van der Waals surface area contributed by atoms with Gasteiger partial charge in [-0.25, -0.2) is 0 Å². The second-order valence-electron chi connectivity index (χ2n) is 5.39. The van der Waals surface area contributed by atoms with Crippen molar-refractivity contribution in [2.24, 2.45) is 0 Å². The van der Waals surface area contributed by atoms with Gasteiger partial charge in [-0.05, 0) is 37.3 Å². The number of amides is 1. The molecule has 0 saturated heterocycles. The molecule has 0 aliphatic heterocycles. The Morgan fingerprint density at radius 2 is 2.00 bits per heavy atom. The molecule has 0 radical (unpaired) electrons. The number of ether oxygens (including phenoxy) is 1. The molecule has 1 aromatic heterocycles. The first kappa shape index (κ1) is 20.7. The number of hydrogen-bond acceptors (Lipinski definition) is 7. The quantitative estimate of drug-likeness (QED) is 0.424. The van der Waals surface area contributed by atoms with Crippen LogP contribution in [0, 0.1) is 0 Å². The fourth-order valence-corrected chi connectivity index (χ4v) is 4.09. The van der Waals surface area contributed by atoms with Crippen LogP contribution in [0.15, 0.2) is 46.8 Å². The van der Waals surface area contributed by atoms with Crippen LogP contribution in [-0.2, 0) is 4.79 Å². The van der Waals surface area contributed by atoms with E-state index in [-0.39, 0.29) is 11.7 Å². The first-order chi connectivity index (χ1) is 13.5. The van der Waals surface area contributed by atoms with Crippen molar-refractivity contribution in [1.29, 1.82) is 0 Å². The second-order valence-corrected chi connectivity index (χ2v) is 8.43. The summed E-state index contributed by atoms with van der Waals surface area (Å²) >= 11 is 14.6. The minimum Gasteiger partial charge on any atom is -0.492 e. The summed E-state index contributed by atoms with van der Waals surface area (Å²) in [6, 6.07) is 12.5. The van der Waals surface area contributed by atoms with Crippen LogP contribution in [0.4, 0.5) is 16.5 Å². The zero-order valence-corrected chi connectivity index (χ0v) is 17.9. The number of halogens is 2. The first-order valence-electron chi connectivity index (χ1n) is 8.25. The Kier molecular flexibility index (Phi) is 7.38. The molecule has 2 aromatic carbocycles. The van der Waals surface area contributed by atoms with Gasteiger partial charge in [0, 0.05) is 5.02 Å². The number of thioether (sulfide) groups is 1. The first-order valence-corrected chi connectivity index (χ1v) is 10.8. The van der Waals surface area contributed by atoms with Crippen molar-refractivity contribution >= 4 is 68.7 Å². The molecule has 0 fully saturated rings. The molecule has 2 N–H and O–H groups in total. The molecule has 146 valence electrons. The number of hydrogen-bond donors (Lipinski definition) is 2. The lowest BCUT2D eigenvalue weighted by Crippen LogP contribution is -2.14. The van der Waals surface area contributed by atoms with E-state index >= 15 is 0 Å². The largest absolute Gasteiger partial charge is 0.492 e. The third-order valence-electron chi connectivity index (χ3n) is 3.36. The molecule has 6 nitrogen and oxygen atoms in total. The monoisotopic (exact) mass is 454 g/mol. The van der Waals surface area contributed by atoms with Crippen LogP contribution < -0.4 is 15.4 Å². The molecular weight excluding hydrogens is 439 g/mol. The predicted molar refractivity (Wildman–Crippen MR) is 117 cm³/mol. The lowest BCUT2D eigenvalue weighted by molar-refractivity contribution is -0.113. The molecule has 0 aliphatic rings. The van der Waals surface area contributed by atoms with Crippen molar-refractivity contribution in [3.05, 3.63) is 52.5 Å². The highest BCUT2D eigenvalue weighted by molar-refractivity contribution is 8.01. The van der Waals surface area contributed by atoms with E-state index in [1.54, 1.807) is 18.2 Å². The number of carbonyl (C=O) groups is 1. The highest BCUT2D eigenvalue weighted by atomic mass is 35.5. The maximum absolute atomic E-state index is 12.2. The van der Waals surface area contributed by atoms with E-state index in [1.165, 1.54) is 23.1 Å².